The van der Waals surface area contributed by atoms with E-state index in [2.05, 4.69) is 20.6 Å². The van der Waals surface area contributed by atoms with Gasteiger partial charge in [-0.05, 0) is 49.4 Å². The Morgan fingerprint density at radius 1 is 1.11 bits per heavy atom. The molecule has 196 valence electrons. The highest BCUT2D eigenvalue weighted by Crippen LogP contribution is 2.42. The minimum atomic E-state index is -4.76. The van der Waals surface area contributed by atoms with Crippen molar-refractivity contribution in [2.75, 3.05) is 5.32 Å². The van der Waals surface area contributed by atoms with Crippen molar-refractivity contribution >= 4 is 46.3 Å². The first-order valence-corrected chi connectivity index (χ1v) is 11.7. The number of aromatic nitrogens is 1. The number of fused-ring (bicyclic) bond motifs is 1. The number of amides is 1. The number of oxazole rings is 1. The fraction of sp³-hybridized carbons (Fsp3) is 0.192. The lowest BCUT2D eigenvalue weighted by Gasteiger charge is -2.38. The molecule has 7 nitrogen and oxygen atoms in total. The van der Waals surface area contributed by atoms with Crippen molar-refractivity contribution in [2.45, 2.75) is 31.2 Å². The Labute approximate surface area is 218 Å². The zero-order chi connectivity index (χ0) is 27.1. The average Bonchev–Trinajstić information content (AvgIpc) is 3.26. The molecule has 3 aromatic carbocycles. The summed E-state index contributed by atoms with van der Waals surface area (Å²) in [6.07, 6.45) is -5.48. The number of rotatable bonds is 4. The number of nitrogens with zero attached hydrogens (tertiary/aromatic N) is 2. The summed E-state index contributed by atoms with van der Waals surface area (Å²) >= 11 is 5.97. The number of benzene rings is 3. The summed E-state index contributed by atoms with van der Waals surface area (Å²) in [6, 6.07) is 13.6. The van der Waals surface area contributed by atoms with Gasteiger partial charge in [-0.3, -0.25) is 10.1 Å². The second kappa shape index (κ2) is 9.64. The van der Waals surface area contributed by atoms with Gasteiger partial charge in [-0.15, -0.1) is 0 Å². The lowest BCUT2D eigenvalue weighted by Crippen LogP contribution is -2.48. The summed E-state index contributed by atoms with van der Waals surface area (Å²) in [4.78, 5) is 20.4. The van der Waals surface area contributed by atoms with Gasteiger partial charge in [0.05, 0.1) is 0 Å². The van der Waals surface area contributed by atoms with E-state index in [0.29, 0.717) is 16.1 Å². The molecule has 0 unspecified atom stereocenters. The van der Waals surface area contributed by atoms with Gasteiger partial charge in [0.2, 0.25) is 0 Å². The van der Waals surface area contributed by atoms with E-state index in [-0.39, 0.29) is 22.8 Å². The molecule has 0 saturated carbocycles. The molecule has 0 fully saturated rings. The van der Waals surface area contributed by atoms with Gasteiger partial charge in [-0.1, -0.05) is 29.8 Å². The lowest BCUT2D eigenvalue weighted by molar-refractivity contribution is -0.164. The third-order valence-corrected chi connectivity index (χ3v) is 6.19. The second-order valence-electron chi connectivity index (χ2n) is 8.80. The van der Waals surface area contributed by atoms with Crippen LogP contribution < -0.4 is 10.6 Å². The zero-order valence-corrected chi connectivity index (χ0v) is 20.4. The lowest BCUT2D eigenvalue weighted by atomic mass is 9.87. The van der Waals surface area contributed by atoms with Crippen LogP contribution in [0.25, 0.3) is 11.1 Å². The minimum absolute atomic E-state index is 0.0695. The van der Waals surface area contributed by atoms with E-state index in [1.165, 1.54) is 31.2 Å². The third kappa shape index (κ3) is 5.28. The van der Waals surface area contributed by atoms with E-state index >= 15 is 4.39 Å². The van der Waals surface area contributed by atoms with E-state index in [9.17, 15) is 18.0 Å². The molecule has 4 aromatic rings. The van der Waals surface area contributed by atoms with Crippen LogP contribution in [0.15, 0.2) is 76.1 Å². The third-order valence-electron chi connectivity index (χ3n) is 5.95. The molecule has 1 aliphatic rings. The fourth-order valence-corrected chi connectivity index (χ4v) is 4.25. The van der Waals surface area contributed by atoms with Gasteiger partial charge < -0.3 is 14.5 Å². The van der Waals surface area contributed by atoms with Gasteiger partial charge in [0.1, 0.15) is 16.9 Å². The van der Waals surface area contributed by atoms with Crippen LogP contribution in [0, 0.1) is 5.82 Å². The number of hydrogen-bond donors (Lipinski definition) is 2. The summed E-state index contributed by atoms with van der Waals surface area (Å²) < 4.78 is 67.8. The summed E-state index contributed by atoms with van der Waals surface area (Å²) in [5.41, 5.74) is -0.621. The minimum Gasteiger partial charge on any atom is -0.454 e. The molecule has 0 saturated heterocycles. The van der Waals surface area contributed by atoms with Gasteiger partial charge in [-0.2, -0.15) is 18.2 Å². The quantitative estimate of drug-likeness (QED) is 0.278. The van der Waals surface area contributed by atoms with Crippen LogP contribution in [0.3, 0.4) is 0 Å². The smallest absolute Gasteiger partial charge is 0.411 e. The highest BCUT2D eigenvalue weighted by Gasteiger charge is 2.50. The van der Waals surface area contributed by atoms with Crippen molar-refractivity contribution in [1.29, 1.82) is 0 Å². The van der Waals surface area contributed by atoms with Crippen LogP contribution in [-0.2, 0) is 10.3 Å². The Balaban J connectivity index is 1.45. The second-order valence-corrected chi connectivity index (χ2v) is 9.24. The molecule has 2 atom stereocenters. The number of carbonyl (C=O) groups is 1. The highest BCUT2D eigenvalue weighted by atomic mass is 35.5. The fourth-order valence-electron chi connectivity index (χ4n) is 4.09. The molecule has 1 amide bonds. The maximum atomic E-state index is 15.1. The summed E-state index contributed by atoms with van der Waals surface area (Å²) in [7, 11) is 0. The predicted octanol–water partition coefficient (Wildman–Crippen LogP) is 6.72. The molecule has 0 radical (unpaired) electrons. The van der Waals surface area contributed by atoms with Gasteiger partial charge in [0, 0.05) is 34.3 Å². The van der Waals surface area contributed by atoms with Crippen LogP contribution in [0.2, 0.25) is 5.02 Å². The van der Waals surface area contributed by atoms with E-state index in [1.54, 1.807) is 36.4 Å². The molecular weight excluding hydrogens is 528 g/mol. The van der Waals surface area contributed by atoms with Crippen molar-refractivity contribution in [3.8, 4) is 0 Å². The van der Waals surface area contributed by atoms with Crippen LogP contribution in [0.5, 0.6) is 0 Å². The first-order valence-electron chi connectivity index (χ1n) is 11.3. The number of nitrogens with one attached hydrogen (secondary N) is 2. The molecular formula is C26H19ClF4N4O3. The van der Waals surface area contributed by atoms with Crippen molar-refractivity contribution in [3.05, 3.63) is 88.7 Å². The van der Waals surface area contributed by atoms with Crippen molar-refractivity contribution in [1.82, 2.24) is 10.3 Å². The Hall–Kier alpha value is -4.12. The highest BCUT2D eigenvalue weighted by molar-refractivity contribution is 6.31. The molecule has 1 aliphatic heterocycles. The zero-order valence-electron chi connectivity index (χ0n) is 19.6. The Bertz CT molecular complexity index is 1540. The van der Waals surface area contributed by atoms with Gasteiger partial charge in [-0.25, -0.2) is 9.38 Å². The molecule has 12 heteroatoms. The van der Waals surface area contributed by atoms with E-state index in [0.717, 1.165) is 6.07 Å². The number of aliphatic imine (C=N–C) groups is 1. The standard InChI is InChI=1S/C26H19ClF4N4O3/c1-25(13-21(26(29,30)31)34-24(38-25)35-22(36)14-5-3-2-4-6-14)17-12-16(8-9-18(17)28)32-23-33-19-10-7-15(27)11-20(19)37-23/h2-12,21H,13H2,1H3,(H,32,33)(H,34,35,36)/t21-,25-/m0/s1. The molecule has 2 heterocycles. The summed E-state index contributed by atoms with van der Waals surface area (Å²) in [5, 5.41) is 5.60. The van der Waals surface area contributed by atoms with Gasteiger partial charge >= 0.3 is 6.18 Å². The molecule has 0 bridgehead atoms. The van der Waals surface area contributed by atoms with Crippen LogP contribution >= 0.6 is 11.6 Å². The molecule has 0 spiro atoms. The summed E-state index contributed by atoms with van der Waals surface area (Å²) in [6.45, 7) is 1.30. The van der Waals surface area contributed by atoms with E-state index in [4.69, 9.17) is 20.8 Å². The first-order chi connectivity index (χ1) is 18.0. The number of halogens is 5. The SMILES string of the molecule is C[C@@]1(c2cc(Nc3nc4ccc(Cl)cc4o3)ccc2F)C[C@@H](C(F)(F)F)N=C(NC(=O)c2ccccc2)O1. The maximum absolute atomic E-state index is 15.1. The summed E-state index contributed by atoms with van der Waals surface area (Å²) in [5.74, 6) is -1.53. The monoisotopic (exact) mass is 546 g/mol. The van der Waals surface area contributed by atoms with Crippen molar-refractivity contribution < 1.29 is 31.5 Å². The Morgan fingerprint density at radius 3 is 2.61 bits per heavy atom. The van der Waals surface area contributed by atoms with E-state index < -0.39 is 42.0 Å². The average molecular weight is 547 g/mol. The maximum Gasteiger partial charge on any atom is 0.411 e. The van der Waals surface area contributed by atoms with Crippen LogP contribution in [0.1, 0.15) is 29.3 Å². The number of anilines is 2. The van der Waals surface area contributed by atoms with E-state index in [1.807, 2.05) is 0 Å². The molecule has 2 N–H and O–H groups in total. The van der Waals surface area contributed by atoms with Crippen molar-refractivity contribution in [2.24, 2.45) is 4.99 Å². The number of alkyl halides is 3. The van der Waals surface area contributed by atoms with Crippen molar-refractivity contribution in [3.63, 3.8) is 0 Å². The molecule has 5 rings (SSSR count). The molecule has 0 aliphatic carbocycles. The largest absolute Gasteiger partial charge is 0.454 e. The number of amidine groups is 1. The number of ether oxygens (including phenoxy) is 1. The normalized spacial score (nSPS) is 19.5. The Kier molecular flexibility index (Phi) is 6.47. The number of carbonyl (C=O) groups excluding carboxylic acids is 1. The van der Waals surface area contributed by atoms with Gasteiger partial charge in [0.15, 0.2) is 11.6 Å². The molecule has 38 heavy (non-hydrogen) atoms. The van der Waals surface area contributed by atoms with Gasteiger partial charge in [0.25, 0.3) is 17.9 Å². The number of hydrogen-bond acceptors (Lipinski definition) is 6. The Morgan fingerprint density at radius 2 is 1.87 bits per heavy atom. The molecule has 1 aromatic heterocycles. The topological polar surface area (TPSA) is 88.8 Å². The van der Waals surface area contributed by atoms with Crippen LogP contribution in [0.4, 0.5) is 29.3 Å². The first kappa shape index (κ1) is 25.5. The predicted molar refractivity (Wildman–Crippen MR) is 133 cm³/mol. The van der Waals surface area contributed by atoms with Crippen LogP contribution in [-0.4, -0.2) is 29.1 Å².